The molecular weight excluding hydrogens is 334 g/mol. The summed E-state index contributed by atoms with van der Waals surface area (Å²) in [7, 11) is 0. The number of carbonyl (C=O) groups is 1. The Kier molecular flexibility index (Phi) is 9.68. The third-order valence-electron chi connectivity index (χ3n) is 4.09. The summed E-state index contributed by atoms with van der Waals surface area (Å²) in [6, 6.07) is 0. The molecule has 0 spiro atoms. The average molecular weight is 366 g/mol. The van der Waals surface area contributed by atoms with Crippen LogP contribution in [0.15, 0.2) is 22.6 Å². The first-order valence-corrected chi connectivity index (χ1v) is 9.73. The predicted molar refractivity (Wildman–Crippen MR) is 105 cm³/mol. The van der Waals surface area contributed by atoms with Crippen molar-refractivity contribution in [3.63, 3.8) is 0 Å². The van der Waals surface area contributed by atoms with Gasteiger partial charge in [-0.1, -0.05) is 18.6 Å². The monoisotopic (exact) mass is 365 g/mol. The number of thiazole rings is 1. The van der Waals surface area contributed by atoms with E-state index in [1.54, 1.807) is 11.3 Å². The lowest BCUT2D eigenvalue weighted by Crippen LogP contribution is -2.17. The Morgan fingerprint density at radius 2 is 2.12 bits per heavy atom. The van der Waals surface area contributed by atoms with Crippen molar-refractivity contribution in [1.82, 2.24) is 4.98 Å². The SMILES string of the molecule is CC(=O)OC(C/C=C(/C)CCC[C@H](C)CO)/C(C)=C/c1csc(C)n1. The summed E-state index contributed by atoms with van der Waals surface area (Å²) in [6.07, 6.45) is 7.65. The van der Waals surface area contributed by atoms with Gasteiger partial charge in [-0.25, -0.2) is 4.98 Å². The van der Waals surface area contributed by atoms with Gasteiger partial charge in [0.1, 0.15) is 6.10 Å². The zero-order chi connectivity index (χ0) is 18.8. The van der Waals surface area contributed by atoms with Crippen molar-refractivity contribution >= 4 is 23.4 Å². The summed E-state index contributed by atoms with van der Waals surface area (Å²) in [5.74, 6) is 0.0865. The van der Waals surface area contributed by atoms with Gasteiger partial charge in [0.2, 0.25) is 0 Å². The van der Waals surface area contributed by atoms with Crippen molar-refractivity contribution in [3.8, 4) is 0 Å². The van der Waals surface area contributed by atoms with Crippen molar-refractivity contribution in [3.05, 3.63) is 33.3 Å². The number of aliphatic hydroxyl groups is 1. The van der Waals surface area contributed by atoms with Crippen LogP contribution in [0.1, 0.15) is 64.1 Å². The van der Waals surface area contributed by atoms with Gasteiger partial charge in [-0.15, -0.1) is 11.3 Å². The molecule has 1 aromatic rings. The van der Waals surface area contributed by atoms with Gasteiger partial charge in [0.05, 0.1) is 10.7 Å². The Labute approximate surface area is 155 Å². The highest BCUT2D eigenvalue weighted by atomic mass is 32.1. The van der Waals surface area contributed by atoms with E-state index in [0.29, 0.717) is 12.3 Å². The van der Waals surface area contributed by atoms with Crippen LogP contribution in [0.25, 0.3) is 6.08 Å². The Morgan fingerprint density at radius 1 is 1.40 bits per heavy atom. The van der Waals surface area contributed by atoms with E-state index in [9.17, 15) is 4.79 Å². The molecule has 0 saturated heterocycles. The first-order chi connectivity index (χ1) is 11.8. The largest absolute Gasteiger partial charge is 0.458 e. The Morgan fingerprint density at radius 3 is 2.68 bits per heavy atom. The summed E-state index contributed by atoms with van der Waals surface area (Å²) in [5.41, 5.74) is 3.20. The minimum Gasteiger partial charge on any atom is -0.458 e. The van der Waals surface area contributed by atoms with Crippen molar-refractivity contribution in [2.45, 2.75) is 66.4 Å². The van der Waals surface area contributed by atoms with Crippen LogP contribution < -0.4 is 0 Å². The second-order valence-electron chi connectivity index (χ2n) is 6.74. The standard InChI is InChI=1S/C20H31NO3S/c1-14(7-6-8-15(2)12-22)9-10-20(24-18(5)23)16(3)11-19-13-25-17(4)21-19/h9,11,13,15,20,22H,6-8,10,12H2,1-5H3/b14-9-,16-11+/t15-,20?/m0/s1. The molecule has 1 heterocycles. The summed E-state index contributed by atoms with van der Waals surface area (Å²) in [6.45, 7) is 9.82. The number of aromatic nitrogens is 1. The fourth-order valence-electron chi connectivity index (χ4n) is 2.53. The normalized spacial score (nSPS) is 15.1. The summed E-state index contributed by atoms with van der Waals surface area (Å²) < 4.78 is 5.49. The van der Waals surface area contributed by atoms with Gasteiger partial charge in [0, 0.05) is 25.3 Å². The molecule has 0 saturated carbocycles. The Hall–Kier alpha value is -1.46. The van der Waals surface area contributed by atoms with E-state index < -0.39 is 0 Å². The van der Waals surface area contributed by atoms with Gasteiger partial charge in [-0.3, -0.25) is 4.79 Å². The minimum atomic E-state index is -0.268. The van der Waals surface area contributed by atoms with Gasteiger partial charge in [0.15, 0.2) is 0 Å². The van der Waals surface area contributed by atoms with Crippen molar-refractivity contribution in [2.75, 3.05) is 6.61 Å². The first kappa shape index (κ1) is 21.6. The van der Waals surface area contributed by atoms with Gasteiger partial charge in [0.25, 0.3) is 0 Å². The quantitative estimate of drug-likeness (QED) is 0.472. The highest BCUT2D eigenvalue weighted by Crippen LogP contribution is 2.19. The van der Waals surface area contributed by atoms with Crippen LogP contribution in [0.2, 0.25) is 0 Å². The molecule has 4 nitrogen and oxygen atoms in total. The summed E-state index contributed by atoms with van der Waals surface area (Å²) in [4.78, 5) is 15.9. The van der Waals surface area contributed by atoms with Gasteiger partial charge in [-0.2, -0.15) is 0 Å². The number of carbonyl (C=O) groups excluding carboxylic acids is 1. The van der Waals surface area contributed by atoms with Gasteiger partial charge < -0.3 is 9.84 Å². The Balaban J connectivity index is 2.67. The lowest BCUT2D eigenvalue weighted by molar-refractivity contribution is -0.144. The van der Waals surface area contributed by atoms with E-state index in [2.05, 4.69) is 24.9 Å². The molecule has 0 bridgehead atoms. The zero-order valence-electron chi connectivity index (χ0n) is 16.0. The molecule has 0 radical (unpaired) electrons. The molecule has 0 aliphatic heterocycles. The number of aryl methyl sites for hydroxylation is 1. The van der Waals surface area contributed by atoms with E-state index in [0.717, 1.165) is 35.5 Å². The highest BCUT2D eigenvalue weighted by Gasteiger charge is 2.14. The zero-order valence-corrected chi connectivity index (χ0v) is 16.9. The maximum atomic E-state index is 11.4. The van der Waals surface area contributed by atoms with Crippen LogP contribution in [0.3, 0.4) is 0 Å². The molecule has 140 valence electrons. The first-order valence-electron chi connectivity index (χ1n) is 8.85. The van der Waals surface area contributed by atoms with Crippen LogP contribution in [-0.2, 0) is 9.53 Å². The number of esters is 1. The molecule has 0 amide bonds. The molecular formula is C20H31NO3S. The van der Waals surface area contributed by atoms with Crippen molar-refractivity contribution in [2.24, 2.45) is 5.92 Å². The molecule has 1 N–H and O–H groups in total. The topological polar surface area (TPSA) is 59.4 Å². The molecule has 1 unspecified atom stereocenters. The van der Waals surface area contributed by atoms with Crippen LogP contribution in [0.5, 0.6) is 0 Å². The number of hydrogen-bond acceptors (Lipinski definition) is 5. The highest BCUT2D eigenvalue weighted by molar-refractivity contribution is 7.09. The number of rotatable bonds is 10. The summed E-state index contributed by atoms with van der Waals surface area (Å²) >= 11 is 1.61. The predicted octanol–water partition coefficient (Wildman–Crippen LogP) is 4.92. The van der Waals surface area contributed by atoms with Crippen LogP contribution >= 0.6 is 11.3 Å². The third-order valence-corrected chi connectivity index (χ3v) is 4.88. The van der Waals surface area contributed by atoms with E-state index in [1.165, 1.54) is 12.5 Å². The number of ether oxygens (including phenoxy) is 1. The molecule has 0 aromatic carbocycles. The summed E-state index contributed by atoms with van der Waals surface area (Å²) in [5, 5.41) is 12.1. The van der Waals surface area contributed by atoms with E-state index >= 15 is 0 Å². The lowest BCUT2D eigenvalue weighted by Gasteiger charge is -2.17. The van der Waals surface area contributed by atoms with E-state index in [1.807, 2.05) is 25.3 Å². The number of allylic oxidation sites excluding steroid dienone is 1. The molecule has 1 rings (SSSR count). The smallest absolute Gasteiger partial charge is 0.303 e. The second-order valence-corrected chi connectivity index (χ2v) is 7.81. The van der Waals surface area contributed by atoms with Crippen molar-refractivity contribution in [1.29, 1.82) is 0 Å². The van der Waals surface area contributed by atoms with Crippen LogP contribution in [0.4, 0.5) is 0 Å². The number of hydrogen-bond donors (Lipinski definition) is 1. The maximum absolute atomic E-state index is 11.4. The lowest BCUT2D eigenvalue weighted by atomic mass is 10.0. The van der Waals surface area contributed by atoms with E-state index in [4.69, 9.17) is 9.84 Å². The third kappa shape index (κ3) is 8.98. The maximum Gasteiger partial charge on any atom is 0.303 e. The molecule has 0 aliphatic carbocycles. The van der Waals surface area contributed by atoms with Gasteiger partial charge in [-0.05, 0) is 57.6 Å². The number of nitrogens with zero attached hydrogens (tertiary/aromatic N) is 1. The van der Waals surface area contributed by atoms with E-state index in [-0.39, 0.29) is 18.7 Å². The fourth-order valence-corrected chi connectivity index (χ4v) is 3.10. The minimum absolute atomic E-state index is 0.247. The van der Waals surface area contributed by atoms with Gasteiger partial charge >= 0.3 is 5.97 Å². The van der Waals surface area contributed by atoms with Crippen molar-refractivity contribution < 1.29 is 14.6 Å². The van der Waals surface area contributed by atoms with Crippen LogP contribution in [0, 0.1) is 12.8 Å². The molecule has 0 fully saturated rings. The molecule has 5 heteroatoms. The molecule has 2 atom stereocenters. The van der Waals surface area contributed by atoms with Crippen LogP contribution in [-0.4, -0.2) is 28.8 Å². The molecule has 0 aliphatic rings. The average Bonchev–Trinajstić information content (AvgIpc) is 2.95. The molecule has 1 aromatic heterocycles. The number of aliphatic hydroxyl groups excluding tert-OH is 1. The fraction of sp³-hybridized carbons (Fsp3) is 0.600. The molecule has 25 heavy (non-hydrogen) atoms. The Bertz CT molecular complexity index is 604. The second kappa shape index (κ2) is 11.2.